The molecule has 0 aliphatic carbocycles. The number of hydroxylamine groups is 1. The predicted octanol–water partition coefficient (Wildman–Crippen LogP) is 1.18. The zero-order valence-corrected chi connectivity index (χ0v) is 10.0. The van der Waals surface area contributed by atoms with Crippen molar-refractivity contribution in [2.75, 3.05) is 19.7 Å². The van der Waals surface area contributed by atoms with Crippen molar-refractivity contribution in [2.24, 2.45) is 0 Å². The monoisotopic (exact) mass is 238 g/mol. The Balaban J connectivity index is 1.80. The summed E-state index contributed by atoms with van der Waals surface area (Å²) in [5.74, 6) is 0. The van der Waals surface area contributed by atoms with Gasteiger partial charge in [0.25, 0.3) is 0 Å². The molecule has 1 saturated heterocycles. The average molecular weight is 238 g/mol. The first-order chi connectivity index (χ1) is 8.31. The number of carbonyl (C=O) groups is 1. The number of hydrogen-bond acceptors (Lipinski definition) is 3. The fourth-order valence-electron chi connectivity index (χ4n) is 2.05. The van der Waals surface area contributed by atoms with Crippen LogP contribution in [-0.4, -0.2) is 40.2 Å². The maximum Gasteiger partial charge on any atom is 0.341 e. The molecule has 1 N–H and O–H groups in total. The minimum Gasteiger partial charge on any atom is -0.334 e. The van der Waals surface area contributed by atoms with Crippen LogP contribution in [0.3, 0.4) is 0 Å². The lowest BCUT2D eigenvalue weighted by Gasteiger charge is -2.32. The summed E-state index contributed by atoms with van der Waals surface area (Å²) in [7, 11) is 0. The summed E-state index contributed by atoms with van der Waals surface area (Å²) >= 11 is 0. The Labute approximate surface area is 101 Å². The van der Waals surface area contributed by atoms with Gasteiger partial charge in [0.05, 0.1) is 12.9 Å². The highest BCUT2D eigenvalue weighted by Crippen LogP contribution is 2.21. The van der Waals surface area contributed by atoms with E-state index in [1.165, 1.54) is 0 Å². The number of hydrogen-bond donors (Lipinski definition) is 1. The topological polar surface area (TPSA) is 59.4 Å². The van der Waals surface area contributed by atoms with E-state index < -0.39 is 0 Å². The molecule has 94 valence electrons. The first-order valence-electron chi connectivity index (χ1n) is 5.95. The molecule has 0 saturated carbocycles. The van der Waals surface area contributed by atoms with Gasteiger partial charge in [-0.1, -0.05) is 0 Å². The van der Waals surface area contributed by atoms with E-state index in [1.807, 2.05) is 19.4 Å². The normalized spacial score (nSPS) is 17.1. The third-order valence-corrected chi connectivity index (χ3v) is 3.00. The fourth-order valence-corrected chi connectivity index (χ4v) is 2.05. The van der Waals surface area contributed by atoms with Crippen LogP contribution in [0.15, 0.2) is 18.7 Å². The van der Waals surface area contributed by atoms with Gasteiger partial charge in [0.1, 0.15) is 0 Å². The van der Waals surface area contributed by atoms with Gasteiger partial charge in [0.2, 0.25) is 0 Å². The molecule has 0 aromatic carbocycles. The number of nitrogens with zero attached hydrogens (tertiary/aromatic N) is 3. The van der Waals surface area contributed by atoms with Crippen molar-refractivity contribution in [1.82, 2.24) is 19.9 Å². The number of amides is 2. The van der Waals surface area contributed by atoms with Crippen molar-refractivity contribution >= 4 is 6.03 Å². The Bertz CT molecular complexity index is 344. The maximum atomic E-state index is 11.6. The minimum atomic E-state index is -0.143. The summed E-state index contributed by atoms with van der Waals surface area (Å²) in [6, 6.07) is 0.310. The fraction of sp³-hybridized carbons (Fsp3) is 0.636. The largest absolute Gasteiger partial charge is 0.341 e. The Morgan fingerprint density at radius 1 is 1.53 bits per heavy atom. The number of piperidine rings is 1. The highest BCUT2D eigenvalue weighted by molar-refractivity contribution is 5.73. The molecule has 1 aliphatic rings. The van der Waals surface area contributed by atoms with Crippen LogP contribution < -0.4 is 5.48 Å². The standard InChI is InChI=1S/C11H18N4O2/c1-2-17-13-11(16)14-6-3-10(4-7-14)15-8-5-12-9-15/h5,8-10H,2-4,6-7H2,1H3,(H,13,16). The molecular formula is C11H18N4O2. The van der Waals surface area contributed by atoms with E-state index >= 15 is 0 Å². The lowest BCUT2D eigenvalue weighted by molar-refractivity contribution is 0.0512. The van der Waals surface area contributed by atoms with Crippen molar-refractivity contribution in [3.8, 4) is 0 Å². The van der Waals surface area contributed by atoms with Crippen molar-refractivity contribution < 1.29 is 9.63 Å². The Morgan fingerprint density at radius 3 is 2.88 bits per heavy atom. The first-order valence-corrected chi connectivity index (χ1v) is 5.95. The number of carbonyl (C=O) groups excluding carboxylic acids is 1. The van der Waals surface area contributed by atoms with Crippen molar-refractivity contribution in [3.05, 3.63) is 18.7 Å². The Hall–Kier alpha value is -1.56. The number of urea groups is 1. The summed E-state index contributed by atoms with van der Waals surface area (Å²) < 4.78 is 2.11. The molecule has 1 aromatic heterocycles. The van der Waals surface area contributed by atoms with E-state index in [1.54, 1.807) is 11.1 Å². The van der Waals surface area contributed by atoms with E-state index in [4.69, 9.17) is 4.84 Å². The maximum absolute atomic E-state index is 11.6. The van der Waals surface area contributed by atoms with Crippen molar-refractivity contribution in [1.29, 1.82) is 0 Å². The van der Waals surface area contributed by atoms with Crippen LogP contribution in [0.4, 0.5) is 4.79 Å². The summed E-state index contributed by atoms with van der Waals surface area (Å²) in [6.07, 6.45) is 7.50. The molecule has 0 bridgehead atoms. The molecule has 1 aliphatic heterocycles. The summed E-state index contributed by atoms with van der Waals surface area (Å²) in [6.45, 7) is 3.83. The third-order valence-electron chi connectivity index (χ3n) is 3.00. The molecule has 17 heavy (non-hydrogen) atoms. The first kappa shape index (κ1) is 11.9. The van der Waals surface area contributed by atoms with Crippen LogP contribution in [0.1, 0.15) is 25.8 Å². The number of imidazole rings is 1. The van der Waals surface area contributed by atoms with Gasteiger partial charge >= 0.3 is 6.03 Å². The lowest BCUT2D eigenvalue weighted by Crippen LogP contribution is -2.44. The molecule has 2 amide bonds. The van der Waals surface area contributed by atoms with E-state index in [9.17, 15) is 4.79 Å². The second kappa shape index (κ2) is 5.67. The molecule has 2 rings (SSSR count). The highest BCUT2D eigenvalue weighted by Gasteiger charge is 2.23. The lowest BCUT2D eigenvalue weighted by atomic mass is 10.1. The Kier molecular flexibility index (Phi) is 3.98. The van der Waals surface area contributed by atoms with Gasteiger partial charge in [-0.25, -0.2) is 15.3 Å². The quantitative estimate of drug-likeness (QED) is 0.804. The average Bonchev–Trinajstić information content (AvgIpc) is 2.90. The summed E-state index contributed by atoms with van der Waals surface area (Å²) in [5.41, 5.74) is 2.42. The second-order valence-corrected chi connectivity index (χ2v) is 4.07. The minimum absolute atomic E-state index is 0.143. The highest BCUT2D eigenvalue weighted by atomic mass is 16.7. The van der Waals surface area contributed by atoms with E-state index in [0.29, 0.717) is 12.6 Å². The molecule has 0 unspecified atom stereocenters. The molecule has 2 heterocycles. The zero-order valence-electron chi connectivity index (χ0n) is 10.0. The Morgan fingerprint density at radius 2 is 2.29 bits per heavy atom. The van der Waals surface area contributed by atoms with Gasteiger partial charge in [0, 0.05) is 31.5 Å². The number of rotatable bonds is 3. The molecule has 1 aromatic rings. The smallest absolute Gasteiger partial charge is 0.334 e. The van der Waals surface area contributed by atoms with Gasteiger partial charge in [-0.2, -0.15) is 0 Å². The van der Waals surface area contributed by atoms with Gasteiger partial charge < -0.3 is 9.47 Å². The molecule has 0 radical (unpaired) electrons. The summed E-state index contributed by atoms with van der Waals surface area (Å²) in [5, 5.41) is 0. The molecule has 0 spiro atoms. The van der Waals surface area contributed by atoms with E-state index in [2.05, 4.69) is 15.0 Å². The van der Waals surface area contributed by atoms with Crippen LogP contribution in [0.5, 0.6) is 0 Å². The third kappa shape index (κ3) is 2.97. The van der Waals surface area contributed by atoms with Crippen LogP contribution in [0.2, 0.25) is 0 Å². The molecule has 1 fully saturated rings. The van der Waals surface area contributed by atoms with Gasteiger partial charge in [-0.15, -0.1) is 0 Å². The zero-order chi connectivity index (χ0) is 12.1. The summed E-state index contributed by atoms with van der Waals surface area (Å²) in [4.78, 5) is 22.3. The number of aromatic nitrogens is 2. The molecule has 6 nitrogen and oxygen atoms in total. The van der Waals surface area contributed by atoms with Gasteiger partial charge in [-0.3, -0.25) is 4.84 Å². The van der Waals surface area contributed by atoms with E-state index in [0.717, 1.165) is 25.9 Å². The second-order valence-electron chi connectivity index (χ2n) is 4.07. The van der Waals surface area contributed by atoms with Gasteiger partial charge in [-0.05, 0) is 19.8 Å². The van der Waals surface area contributed by atoms with Crippen LogP contribution in [0.25, 0.3) is 0 Å². The van der Waals surface area contributed by atoms with Crippen molar-refractivity contribution in [2.45, 2.75) is 25.8 Å². The number of nitrogens with one attached hydrogen (secondary N) is 1. The molecular weight excluding hydrogens is 220 g/mol. The number of likely N-dealkylation sites (tertiary alicyclic amines) is 1. The SMILES string of the molecule is CCONC(=O)N1CCC(n2ccnc2)CC1. The van der Waals surface area contributed by atoms with E-state index in [-0.39, 0.29) is 6.03 Å². The van der Waals surface area contributed by atoms with Crippen LogP contribution in [0, 0.1) is 0 Å². The predicted molar refractivity (Wildman–Crippen MR) is 62.2 cm³/mol. The molecule has 0 atom stereocenters. The van der Waals surface area contributed by atoms with Crippen LogP contribution in [-0.2, 0) is 4.84 Å². The van der Waals surface area contributed by atoms with Gasteiger partial charge in [0.15, 0.2) is 0 Å². The molecule has 6 heteroatoms. The van der Waals surface area contributed by atoms with Crippen molar-refractivity contribution in [3.63, 3.8) is 0 Å². The van der Waals surface area contributed by atoms with Crippen LogP contribution >= 0.6 is 0 Å².